The van der Waals surface area contributed by atoms with Crippen LogP contribution in [0.15, 0.2) is 397 Å². The van der Waals surface area contributed by atoms with Crippen molar-refractivity contribution in [2.45, 2.75) is 0 Å². The zero-order valence-corrected chi connectivity index (χ0v) is 60.3. The van der Waals surface area contributed by atoms with E-state index in [2.05, 4.69) is 276 Å². The fourth-order valence-corrected chi connectivity index (χ4v) is 16.0. The Labute approximate surface area is 643 Å². The van der Waals surface area contributed by atoms with Crippen LogP contribution in [0.25, 0.3) is 212 Å². The first-order valence-electron chi connectivity index (χ1n) is 37.5. The van der Waals surface area contributed by atoms with Crippen molar-refractivity contribution in [3.05, 3.63) is 388 Å². The van der Waals surface area contributed by atoms with Crippen LogP contribution in [-0.4, -0.2) is 39.0 Å². The van der Waals surface area contributed by atoms with Crippen LogP contribution in [0.4, 0.5) is 0 Å². The first-order chi connectivity index (χ1) is 55.5. The average molecular weight is 1430 g/mol. The van der Waals surface area contributed by atoms with Crippen LogP contribution >= 0.6 is 0 Å². The third-order valence-electron chi connectivity index (χ3n) is 21.3. The number of furan rings is 2. The van der Waals surface area contributed by atoms with E-state index in [1.807, 2.05) is 121 Å². The van der Waals surface area contributed by atoms with Crippen molar-refractivity contribution in [3.63, 3.8) is 0 Å². The fourth-order valence-electron chi connectivity index (χ4n) is 16.0. The van der Waals surface area contributed by atoms with E-state index in [0.717, 1.165) is 155 Å². The average Bonchev–Trinajstić information content (AvgIpc) is 1.58. The highest BCUT2D eigenvalue weighted by atomic mass is 16.3. The van der Waals surface area contributed by atoms with Crippen LogP contribution in [0, 0.1) is 0 Å². The molecule has 6 aromatic heterocycles. The Morgan fingerprint density at radius 2 is 0.455 bits per heavy atom. The van der Waals surface area contributed by atoms with Gasteiger partial charge in [-0.05, 0) is 118 Å². The summed E-state index contributed by atoms with van der Waals surface area (Å²) in [5, 5.41) is 9.26. The molecule has 0 radical (unpaired) electrons. The van der Waals surface area contributed by atoms with Gasteiger partial charge in [0, 0.05) is 99.0 Å². The summed E-state index contributed by atoms with van der Waals surface area (Å²) >= 11 is 0. The van der Waals surface area contributed by atoms with Gasteiger partial charge in [0.1, 0.15) is 22.3 Å². The topological polar surface area (TPSA) is 113 Å². The van der Waals surface area contributed by atoms with Crippen molar-refractivity contribution < 1.29 is 8.83 Å². The van der Waals surface area contributed by atoms with Gasteiger partial charge in [-0.25, -0.2) is 29.9 Å². The molecule has 10 heteroatoms. The van der Waals surface area contributed by atoms with Crippen molar-refractivity contribution >= 4 is 87.5 Å². The molecule has 0 unspecified atom stereocenters. The minimum absolute atomic E-state index is 0.614. The van der Waals surface area contributed by atoms with E-state index in [-0.39, 0.29) is 0 Å². The number of benzene rings is 16. The summed E-state index contributed by atoms with van der Waals surface area (Å²) in [4.78, 5) is 30.1. The summed E-state index contributed by atoms with van der Waals surface area (Å²) in [6, 6.07) is 135. The molecule has 0 saturated carbocycles. The van der Waals surface area contributed by atoms with Gasteiger partial charge >= 0.3 is 0 Å². The Hall–Kier alpha value is -15.3. The van der Waals surface area contributed by atoms with Gasteiger partial charge in [0.15, 0.2) is 34.9 Å². The highest BCUT2D eigenvalue weighted by Gasteiger charge is 2.22. The maximum atomic E-state index is 6.44. The second-order valence-corrected chi connectivity index (χ2v) is 28.1. The fraction of sp³-hybridized carbons (Fsp3) is 0. The van der Waals surface area contributed by atoms with Gasteiger partial charge < -0.3 is 18.0 Å². The van der Waals surface area contributed by atoms with E-state index < -0.39 is 0 Å². The Morgan fingerprint density at radius 3 is 0.884 bits per heavy atom. The van der Waals surface area contributed by atoms with Crippen molar-refractivity contribution in [3.8, 4) is 124 Å². The maximum Gasteiger partial charge on any atom is 0.164 e. The number of para-hydroxylation sites is 6. The number of hydrogen-bond acceptors (Lipinski definition) is 8. The second-order valence-electron chi connectivity index (χ2n) is 28.1. The van der Waals surface area contributed by atoms with E-state index in [1.165, 1.54) is 21.5 Å². The Bertz CT molecular complexity index is 7330. The molecule has 22 aromatic rings. The first-order valence-corrected chi connectivity index (χ1v) is 37.5. The molecule has 0 aliphatic heterocycles. The minimum Gasteiger partial charge on any atom is -0.455 e. The van der Waals surface area contributed by atoms with Gasteiger partial charge in [-0.3, -0.25) is 0 Å². The van der Waals surface area contributed by atoms with Crippen LogP contribution in [0.1, 0.15) is 0 Å². The molecule has 6 heterocycles. The second kappa shape index (κ2) is 27.5. The molecule has 0 fully saturated rings. The zero-order valence-electron chi connectivity index (χ0n) is 60.3. The van der Waals surface area contributed by atoms with Gasteiger partial charge in [-0.15, -0.1) is 0 Å². The van der Waals surface area contributed by atoms with Crippen molar-refractivity contribution in [1.29, 1.82) is 0 Å². The molecule has 112 heavy (non-hydrogen) atoms. The molecule has 0 amide bonds. The summed E-state index contributed by atoms with van der Waals surface area (Å²) in [5.41, 5.74) is 24.7. The summed E-state index contributed by atoms with van der Waals surface area (Å²) in [6.07, 6.45) is 0. The summed E-state index contributed by atoms with van der Waals surface area (Å²) < 4.78 is 17.6. The predicted molar refractivity (Wildman–Crippen MR) is 457 cm³/mol. The molecule has 0 N–H and O–H groups in total. The van der Waals surface area contributed by atoms with Crippen LogP contribution in [0.3, 0.4) is 0 Å². The number of nitrogens with zero attached hydrogens (tertiary/aromatic N) is 8. The Kier molecular flexibility index (Phi) is 16.0. The van der Waals surface area contributed by atoms with E-state index in [1.54, 1.807) is 0 Å². The van der Waals surface area contributed by atoms with Crippen molar-refractivity contribution in [2.24, 2.45) is 0 Å². The van der Waals surface area contributed by atoms with E-state index >= 15 is 0 Å². The van der Waals surface area contributed by atoms with E-state index in [9.17, 15) is 0 Å². The number of rotatable bonds is 12. The highest BCUT2D eigenvalue weighted by Crippen LogP contribution is 2.44. The van der Waals surface area contributed by atoms with E-state index in [4.69, 9.17) is 38.7 Å². The monoisotopic (exact) mass is 1430 g/mol. The summed E-state index contributed by atoms with van der Waals surface area (Å²) in [7, 11) is 0. The lowest BCUT2D eigenvalue weighted by Gasteiger charge is -2.12. The number of aromatic nitrogens is 8. The lowest BCUT2D eigenvalue weighted by molar-refractivity contribution is 0.669. The minimum atomic E-state index is 0.614. The number of hydrogen-bond donors (Lipinski definition) is 0. The molecular weight excluding hydrogens is 1370 g/mol. The molecule has 0 aliphatic rings. The lowest BCUT2D eigenvalue weighted by atomic mass is 10.0. The molecule has 22 rings (SSSR count). The third-order valence-corrected chi connectivity index (χ3v) is 21.3. The molecular formula is C102H64N8O2. The Balaban J connectivity index is 0.000000141. The molecule has 16 aromatic carbocycles. The number of fused-ring (bicyclic) bond motifs is 12. The van der Waals surface area contributed by atoms with Crippen LogP contribution < -0.4 is 0 Å². The first kappa shape index (κ1) is 65.1. The Morgan fingerprint density at radius 1 is 0.170 bits per heavy atom. The maximum absolute atomic E-state index is 6.44. The normalized spacial score (nSPS) is 11.6. The van der Waals surface area contributed by atoms with Gasteiger partial charge in [0.05, 0.1) is 22.1 Å². The van der Waals surface area contributed by atoms with Gasteiger partial charge in [0.2, 0.25) is 0 Å². The molecule has 524 valence electrons. The smallest absolute Gasteiger partial charge is 0.164 e. The van der Waals surface area contributed by atoms with Gasteiger partial charge in [0.25, 0.3) is 0 Å². The molecule has 0 bridgehead atoms. The van der Waals surface area contributed by atoms with E-state index in [0.29, 0.717) is 34.9 Å². The molecule has 0 saturated heterocycles. The SMILES string of the molecule is c1ccc(-c2cccc(-c3nc(-c4ccccc4)nc(-c4cccc(-n5c6ccccc6c6cc(-c7cccc8c7oc7ccccc78)ccc65)c4)n3)c2)cc1.c1ccc(-c2nc(-c3ccccc3)nc(-c3cccc(-c4cccc(-n5c6ccccc6c6cc(-c7cccc8c7oc7ccccc78)ccc65)c4)c3)n2)cc1. The standard InChI is InChI=1S/2C51H32N4O/c1-3-14-33(15-4-1)49-52-50(34-16-5-2-6-17-34)54-51(53-49)38-20-11-18-35(30-38)36-19-12-21-39(31-36)55-45-26-9-7-22-41(45)44-32-37(28-29-46(44)55)40-24-13-25-43-42-23-8-10-27-47(42)56-48(40)43;1-3-14-33(15-4-1)35-18-11-19-37(30-35)50-52-49(34-16-5-2-6-17-34)53-51(54-50)38-20-12-21-39(31-38)55-45-26-9-7-22-41(45)44-32-36(28-29-46(44)55)40-24-13-25-43-42-23-8-10-27-47(42)56-48(40)43/h2*1-32H. The summed E-state index contributed by atoms with van der Waals surface area (Å²) in [5.74, 6) is 3.79. The molecule has 0 spiro atoms. The molecule has 0 atom stereocenters. The van der Waals surface area contributed by atoms with Crippen molar-refractivity contribution in [2.75, 3.05) is 0 Å². The third kappa shape index (κ3) is 11.7. The van der Waals surface area contributed by atoms with Gasteiger partial charge in [-0.1, -0.05) is 303 Å². The van der Waals surface area contributed by atoms with Crippen LogP contribution in [0.2, 0.25) is 0 Å². The lowest BCUT2D eigenvalue weighted by Crippen LogP contribution is -2.01. The highest BCUT2D eigenvalue weighted by molar-refractivity contribution is 6.15. The zero-order chi connectivity index (χ0) is 74.0. The summed E-state index contributed by atoms with van der Waals surface area (Å²) in [6.45, 7) is 0. The van der Waals surface area contributed by atoms with Crippen molar-refractivity contribution in [1.82, 2.24) is 39.0 Å². The largest absolute Gasteiger partial charge is 0.455 e. The molecule has 0 aliphatic carbocycles. The quantitative estimate of drug-likeness (QED) is 0.119. The molecule has 10 nitrogen and oxygen atoms in total. The van der Waals surface area contributed by atoms with Crippen LogP contribution in [0.5, 0.6) is 0 Å². The predicted octanol–water partition coefficient (Wildman–Crippen LogP) is 26.4. The van der Waals surface area contributed by atoms with Gasteiger partial charge in [-0.2, -0.15) is 0 Å². The van der Waals surface area contributed by atoms with Crippen LogP contribution in [-0.2, 0) is 0 Å².